The van der Waals surface area contributed by atoms with E-state index in [9.17, 15) is 9.50 Å². The van der Waals surface area contributed by atoms with Crippen molar-refractivity contribution in [2.45, 2.75) is 20.0 Å². The van der Waals surface area contributed by atoms with Crippen LogP contribution in [0.15, 0.2) is 36.4 Å². The van der Waals surface area contributed by atoms with Gasteiger partial charge in [-0.2, -0.15) is 0 Å². The van der Waals surface area contributed by atoms with E-state index in [4.69, 9.17) is 11.6 Å². The molecule has 0 aliphatic rings. The molecule has 94 valence electrons. The van der Waals surface area contributed by atoms with Gasteiger partial charge in [-0.05, 0) is 60.4 Å². The Morgan fingerprint density at radius 1 is 1.11 bits per heavy atom. The second-order valence-electron chi connectivity index (χ2n) is 4.41. The average molecular weight is 265 g/mol. The number of aryl methyl sites for hydroxylation is 2. The normalized spacial score (nSPS) is 12.5. The summed E-state index contributed by atoms with van der Waals surface area (Å²) in [5.74, 6) is -0.285. The quantitative estimate of drug-likeness (QED) is 0.863. The van der Waals surface area contributed by atoms with E-state index in [2.05, 4.69) is 0 Å². The molecule has 18 heavy (non-hydrogen) atoms. The second-order valence-corrected chi connectivity index (χ2v) is 4.85. The molecule has 1 unspecified atom stereocenters. The van der Waals surface area contributed by atoms with Crippen molar-refractivity contribution in [3.8, 4) is 0 Å². The van der Waals surface area contributed by atoms with Gasteiger partial charge in [-0.1, -0.05) is 23.7 Å². The van der Waals surface area contributed by atoms with Crippen LogP contribution in [0.25, 0.3) is 0 Å². The Bertz CT molecular complexity index is 557. The van der Waals surface area contributed by atoms with E-state index in [0.717, 1.165) is 16.7 Å². The fourth-order valence-electron chi connectivity index (χ4n) is 2.20. The zero-order chi connectivity index (χ0) is 13.3. The molecule has 0 aliphatic carbocycles. The van der Waals surface area contributed by atoms with E-state index in [1.807, 2.05) is 0 Å². The van der Waals surface area contributed by atoms with Crippen LogP contribution in [0.1, 0.15) is 28.4 Å². The van der Waals surface area contributed by atoms with Crippen LogP contribution >= 0.6 is 11.6 Å². The van der Waals surface area contributed by atoms with Gasteiger partial charge in [-0.25, -0.2) is 4.39 Å². The molecule has 0 radical (unpaired) electrons. The molecular weight excluding hydrogens is 251 g/mol. The number of benzene rings is 2. The molecule has 0 spiro atoms. The van der Waals surface area contributed by atoms with Crippen molar-refractivity contribution in [2.75, 3.05) is 0 Å². The first-order chi connectivity index (χ1) is 8.49. The maximum Gasteiger partial charge on any atom is 0.123 e. The maximum atomic E-state index is 13.2. The van der Waals surface area contributed by atoms with Crippen molar-refractivity contribution in [3.05, 3.63) is 69.5 Å². The topological polar surface area (TPSA) is 20.2 Å². The first-order valence-electron chi connectivity index (χ1n) is 5.69. The van der Waals surface area contributed by atoms with Gasteiger partial charge >= 0.3 is 0 Å². The number of halogens is 2. The van der Waals surface area contributed by atoms with Gasteiger partial charge in [0.1, 0.15) is 11.9 Å². The predicted molar refractivity (Wildman–Crippen MR) is 71.4 cm³/mol. The minimum Gasteiger partial charge on any atom is -0.384 e. The Morgan fingerprint density at radius 3 is 2.28 bits per heavy atom. The summed E-state index contributed by atoms with van der Waals surface area (Å²) in [6.07, 6.45) is -0.788. The standard InChI is InChI=1S/C15H14ClFO/c1-9-6-13(17)7-10(2)14(9)15(18)11-4-3-5-12(16)8-11/h3-8,15,18H,1-2H3. The van der Waals surface area contributed by atoms with Crippen molar-refractivity contribution in [2.24, 2.45) is 0 Å². The highest BCUT2D eigenvalue weighted by Crippen LogP contribution is 2.29. The minimum atomic E-state index is -0.788. The molecule has 0 aliphatic heterocycles. The Balaban J connectivity index is 2.49. The number of rotatable bonds is 2. The largest absolute Gasteiger partial charge is 0.384 e. The van der Waals surface area contributed by atoms with E-state index in [1.165, 1.54) is 12.1 Å². The lowest BCUT2D eigenvalue weighted by Gasteiger charge is -2.17. The summed E-state index contributed by atoms with van der Waals surface area (Å²) in [7, 11) is 0. The maximum absolute atomic E-state index is 13.2. The zero-order valence-electron chi connectivity index (χ0n) is 10.2. The third kappa shape index (κ3) is 2.55. The summed E-state index contributed by atoms with van der Waals surface area (Å²) in [4.78, 5) is 0. The van der Waals surface area contributed by atoms with Gasteiger partial charge in [0.25, 0.3) is 0 Å². The van der Waals surface area contributed by atoms with Crippen LogP contribution in [0.4, 0.5) is 4.39 Å². The highest BCUT2D eigenvalue weighted by Gasteiger charge is 2.16. The lowest BCUT2D eigenvalue weighted by atomic mass is 9.93. The molecule has 0 heterocycles. The fourth-order valence-corrected chi connectivity index (χ4v) is 2.40. The molecular formula is C15H14ClFO. The summed E-state index contributed by atoms with van der Waals surface area (Å²) in [5.41, 5.74) is 2.92. The van der Waals surface area contributed by atoms with Gasteiger partial charge in [0.15, 0.2) is 0 Å². The van der Waals surface area contributed by atoms with Crippen LogP contribution < -0.4 is 0 Å². The van der Waals surface area contributed by atoms with Gasteiger partial charge in [0, 0.05) is 5.02 Å². The van der Waals surface area contributed by atoms with Crippen molar-refractivity contribution in [3.63, 3.8) is 0 Å². The van der Waals surface area contributed by atoms with E-state index >= 15 is 0 Å². The lowest BCUT2D eigenvalue weighted by Crippen LogP contribution is -2.05. The second kappa shape index (κ2) is 5.09. The predicted octanol–water partition coefficient (Wildman–Crippen LogP) is 4.18. The summed E-state index contributed by atoms with van der Waals surface area (Å²) in [5, 5.41) is 11.0. The zero-order valence-corrected chi connectivity index (χ0v) is 11.0. The molecule has 3 heteroatoms. The highest BCUT2D eigenvalue weighted by atomic mass is 35.5. The molecule has 0 saturated heterocycles. The van der Waals surface area contributed by atoms with Gasteiger partial charge in [-0.3, -0.25) is 0 Å². The Labute approximate surface area is 111 Å². The molecule has 1 nitrogen and oxygen atoms in total. The first kappa shape index (κ1) is 13.1. The van der Waals surface area contributed by atoms with E-state index in [1.54, 1.807) is 38.1 Å². The molecule has 0 amide bonds. The molecule has 0 saturated carbocycles. The number of hydrogen-bond acceptors (Lipinski definition) is 1. The van der Waals surface area contributed by atoms with Crippen LogP contribution in [-0.4, -0.2) is 5.11 Å². The fraction of sp³-hybridized carbons (Fsp3) is 0.200. The summed E-state index contributed by atoms with van der Waals surface area (Å²) in [6.45, 7) is 3.58. The van der Waals surface area contributed by atoms with Crippen LogP contribution in [0.5, 0.6) is 0 Å². The molecule has 1 atom stereocenters. The van der Waals surface area contributed by atoms with Crippen LogP contribution in [-0.2, 0) is 0 Å². The van der Waals surface area contributed by atoms with Crippen LogP contribution in [0.2, 0.25) is 5.02 Å². The third-order valence-electron chi connectivity index (χ3n) is 3.00. The van der Waals surface area contributed by atoms with Gasteiger partial charge < -0.3 is 5.11 Å². The van der Waals surface area contributed by atoms with Crippen molar-refractivity contribution in [1.29, 1.82) is 0 Å². The van der Waals surface area contributed by atoms with Crippen LogP contribution in [0.3, 0.4) is 0 Å². The summed E-state index contributed by atoms with van der Waals surface area (Å²) < 4.78 is 13.2. The number of aliphatic hydroxyl groups is 1. The molecule has 0 aromatic heterocycles. The van der Waals surface area contributed by atoms with Gasteiger partial charge in [0.05, 0.1) is 0 Å². The molecule has 2 rings (SSSR count). The van der Waals surface area contributed by atoms with E-state index in [-0.39, 0.29) is 5.82 Å². The average Bonchev–Trinajstić information content (AvgIpc) is 2.27. The monoisotopic (exact) mass is 264 g/mol. The first-order valence-corrected chi connectivity index (χ1v) is 6.07. The Kier molecular flexibility index (Phi) is 3.69. The SMILES string of the molecule is Cc1cc(F)cc(C)c1C(O)c1cccc(Cl)c1. The van der Waals surface area contributed by atoms with Gasteiger partial charge in [0.2, 0.25) is 0 Å². The van der Waals surface area contributed by atoms with Crippen LogP contribution in [0, 0.1) is 19.7 Å². The minimum absolute atomic E-state index is 0.285. The molecule has 0 fully saturated rings. The number of hydrogen-bond donors (Lipinski definition) is 1. The van der Waals surface area contributed by atoms with Crippen molar-refractivity contribution >= 4 is 11.6 Å². The lowest BCUT2D eigenvalue weighted by molar-refractivity contribution is 0.218. The number of aliphatic hydroxyl groups excluding tert-OH is 1. The van der Waals surface area contributed by atoms with Gasteiger partial charge in [-0.15, -0.1) is 0 Å². The Hall–Kier alpha value is -1.38. The molecule has 1 N–H and O–H groups in total. The van der Waals surface area contributed by atoms with E-state index in [0.29, 0.717) is 10.6 Å². The van der Waals surface area contributed by atoms with E-state index < -0.39 is 6.10 Å². The smallest absolute Gasteiger partial charge is 0.123 e. The third-order valence-corrected chi connectivity index (χ3v) is 3.23. The molecule has 2 aromatic carbocycles. The Morgan fingerprint density at radius 2 is 1.72 bits per heavy atom. The highest BCUT2D eigenvalue weighted by molar-refractivity contribution is 6.30. The summed E-state index contributed by atoms with van der Waals surface area (Å²) in [6, 6.07) is 9.91. The molecule has 0 bridgehead atoms. The molecule has 2 aromatic rings. The van der Waals surface area contributed by atoms with Crippen molar-refractivity contribution < 1.29 is 9.50 Å². The summed E-state index contributed by atoms with van der Waals surface area (Å²) >= 11 is 5.91. The van der Waals surface area contributed by atoms with Crippen molar-refractivity contribution in [1.82, 2.24) is 0 Å².